The lowest BCUT2D eigenvalue weighted by atomic mass is 9.77. The molecule has 3 aromatic rings. The average Bonchev–Trinajstić information content (AvgIpc) is 3.51. The largest absolute Gasteiger partial charge is 0.493 e. The summed E-state index contributed by atoms with van der Waals surface area (Å²) in [4.78, 5) is 51.5. The minimum Gasteiger partial charge on any atom is -0.493 e. The molecule has 248 valence electrons. The number of methoxy groups -OCH3 is 3. The summed E-state index contributed by atoms with van der Waals surface area (Å²) in [6.45, 7) is 5.77. The third-order valence-electron chi connectivity index (χ3n) is 9.83. The second-order valence-corrected chi connectivity index (χ2v) is 12.3. The van der Waals surface area contributed by atoms with Gasteiger partial charge >= 0.3 is 0 Å². The SMILES string of the molecule is COc1cc(CN(C(C)=O)C(=O)C(C(C)=O)(C(N)c2c[nH]c3ccccc23)N2CCC(N3CCCCC3)CC2)cc(OC)c1OC. The number of amides is 2. The molecule has 0 aliphatic carbocycles. The zero-order valence-corrected chi connectivity index (χ0v) is 27.6. The van der Waals surface area contributed by atoms with Gasteiger partial charge in [-0.1, -0.05) is 24.6 Å². The molecule has 2 aromatic carbocycles. The summed E-state index contributed by atoms with van der Waals surface area (Å²) in [5.74, 6) is -0.371. The van der Waals surface area contributed by atoms with E-state index < -0.39 is 29.2 Å². The van der Waals surface area contributed by atoms with Gasteiger partial charge in [0.25, 0.3) is 5.91 Å². The number of H-pyrrole nitrogens is 1. The van der Waals surface area contributed by atoms with E-state index >= 15 is 4.79 Å². The Morgan fingerprint density at radius 2 is 1.59 bits per heavy atom. The van der Waals surface area contributed by atoms with Crippen molar-refractivity contribution in [2.75, 3.05) is 47.5 Å². The van der Waals surface area contributed by atoms with Gasteiger partial charge in [0.15, 0.2) is 22.8 Å². The van der Waals surface area contributed by atoms with Crippen LogP contribution in [0.4, 0.5) is 0 Å². The van der Waals surface area contributed by atoms with Crippen LogP contribution in [0, 0.1) is 0 Å². The maximum absolute atomic E-state index is 15.1. The number of benzene rings is 2. The van der Waals surface area contributed by atoms with Crippen LogP contribution in [0.25, 0.3) is 10.9 Å². The number of ether oxygens (including phenoxy) is 3. The fourth-order valence-electron chi connectivity index (χ4n) is 7.44. The van der Waals surface area contributed by atoms with Crippen molar-refractivity contribution >= 4 is 28.5 Å². The van der Waals surface area contributed by atoms with Crippen LogP contribution in [0.5, 0.6) is 17.2 Å². The number of rotatable bonds is 11. The van der Waals surface area contributed by atoms with Crippen molar-refractivity contribution < 1.29 is 28.6 Å². The van der Waals surface area contributed by atoms with E-state index in [2.05, 4.69) is 9.88 Å². The summed E-state index contributed by atoms with van der Waals surface area (Å²) in [7, 11) is 4.51. The molecule has 11 nitrogen and oxygen atoms in total. The minimum atomic E-state index is -1.83. The fraction of sp³-hybridized carbons (Fsp3) is 0.514. The standard InChI is InChI=1S/C35H47N5O6/c1-23(41)35(33(36)28-21-37-29-12-8-7-11-27(28)29,39-17-13-26(14-18-39)38-15-9-6-10-16-38)34(43)40(24(2)42)22-25-19-30(44-3)32(46-5)31(20-25)45-4/h7-8,11-12,19-21,26,33,37H,6,9-10,13-18,22,36H2,1-5H3. The molecule has 11 heteroatoms. The number of nitrogens with zero attached hydrogens (tertiary/aromatic N) is 3. The van der Waals surface area contributed by atoms with Crippen molar-refractivity contribution in [2.45, 2.75) is 70.1 Å². The third kappa shape index (κ3) is 6.11. The van der Waals surface area contributed by atoms with Crippen molar-refractivity contribution in [2.24, 2.45) is 5.73 Å². The van der Waals surface area contributed by atoms with Crippen molar-refractivity contribution in [1.29, 1.82) is 0 Å². The zero-order chi connectivity index (χ0) is 33.0. The van der Waals surface area contributed by atoms with Crippen molar-refractivity contribution in [3.05, 3.63) is 53.7 Å². The van der Waals surface area contributed by atoms with E-state index in [-0.39, 0.29) is 6.54 Å². The first-order chi connectivity index (χ1) is 22.2. The molecule has 1 aromatic heterocycles. The van der Waals surface area contributed by atoms with Crippen molar-refractivity contribution in [1.82, 2.24) is 19.7 Å². The molecule has 3 heterocycles. The van der Waals surface area contributed by atoms with E-state index in [0.29, 0.717) is 47.5 Å². The molecule has 5 rings (SSSR count). The lowest BCUT2D eigenvalue weighted by molar-refractivity contribution is -0.160. The highest BCUT2D eigenvalue weighted by Gasteiger charge is 2.57. The second kappa shape index (κ2) is 14.2. The first kappa shape index (κ1) is 33.4. The summed E-state index contributed by atoms with van der Waals surface area (Å²) in [5.41, 5.74) is 7.38. The van der Waals surface area contributed by atoms with Crippen LogP contribution in [0.1, 0.15) is 63.1 Å². The van der Waals surface area contributed by atoms with E-state index in [9.17, 15) is 9.59 Å². The Bertz CT molecular complexity index is 1530. The number of ketones is 1. The molecule has 2 unspecified atom stereocenters. The van der Waals surface area contributed by atoms with Gasteiger partial charge in [0.05, 0.1) is 33.9 Å². The van der Waals surface area contributed by atoms with Gasteiger partial charge in [-0.15, -0.1) is 0 Å². The summed E-state index contributed by atoms with van der Waals surface area (Å²) >= 11 is 0. The summed E-state index contributed by atoms with van der Waals surface area (Å²) < 4.78 is 16.5. The Balaban J connectivity index is 1.58. The van der Waals surface area contributed by atoms with Gasteiger partial charge < -0.3 is 29.8 Å². The fourth-order valence-corrected chi connectivity index (χ4v) is 7.44. The van der Waals surface area contributed by atoms with Gasteiger partial charge in [-0.25, -0.2) is 0 Å². The first-order valence-electron chi connectivity index (χ1n) is 16.1. The molecule has 2 aliphatic rings. The number of aromatic amines is 1. The summed E-state index contributed by atoms with van der Waals surface area (Å²) in [6.07, 6.45) is 7.01. The third-order valence-corrected chi connectivity index (χ3v) is 9.83. The van der Waals surface area contributed by atoms with E-state index in [1.807, 2.05) is 29.2 Å². The van der Waals surface area contributed by atoms with Gasteiger partial charge in [0, 0.05) is 43.2 Å². The highest BCUT2D eigenvalue weighted by molar-refractivity contribution is 6.15. The number of carbonyl (C=O) groups is 3. The minimum absolute atomic E-state index is 0.120. The molecule has 0 saturated carbocycles. The molecule has 0 spiro atoms. The van der Waals surface area contributed by atoms with Crippen molar-refractivity contribution in [3.8, 4) is 17.2 Å². The van der Waals surface area contributed by atoms with E-state index in [1.54, 1.807) is 18.3 Å². The number of likely N-dealkylation sites (tertiary alicyclic amines) is 2. The molecule has 3 N–H and O–H groups in total. The second-order valence-electron chi connectivity index (χ2n) is 12.3. The topological polar surface area (TPSA) is 130 Å². The Hall–Kier alpha value is -3.93. The zero-order valence-electron chi connectivity index (χ0n) is 27.6. The number of hydrogen-bond acceptors (Lipinski definition) is 9. The molecular weight excluding hydrogens is 586 g/mol. The van der Waals surface area contributed by atoms with Crippen LogP contribution < -0.4 is 19.9 Å². The number of Topliss-reactive ketones (excluding diaryl/α,β-unsaturated/α-hetero) is 1. The Morgan fingerprint density at radius 1 is 0.957 bits per heavy atom. The van der Waals surface area contributed by atoms with E-state index in [4.69, 9.17) is 19.9 Å². The van der Waals surface area contributed by atoms with Gasteiger partial charge in [0.2, 0.25) is 11.7 Å². The molecule has 2 atom stereocenters. The van der Waals surface area contributed by atoms with Crippen LogP contribution in [-0.4, -0.2) is 96.4 Å². The van der Waals surface area contributed by atoms with E-state index in [0.717, 1.165) is 41.7 Å². The van der Waals surface area contributed by atoms with Gasteiger partial charge in [0.1, 0.15) is 0 Å². The highest BCUT2D eigenvalue weighted by atomic mass is 16.5. The maximum Gasteiger partial charge on any atom is 0.259 e. The smallest absolute Gasteiger partial charge is 0.259 e. The number of carbonyl (C=O) groups excluding carboxylic acids is 3. The maximum atomic E-state index is 15.1. The van der Waals surface area contributed by atoms with Crippen LogP contribution in [-0.2, 0) is 20.9 Å². The molecule has 0 radical (unpaired) electrons. The average molecular weight is 634 g/mol. The van der Waals surface area contributed by atoms with Crippen molar-refractivity contribution in [3.63, 3.8) is 0 Å². The normalized spacial score (nSPS) is 18.5. The van der Waals surface area contributed by atoms with Gasteiger partial charge in [-0.05, 0) is 75.0 Å². The lowest BCUT2D eigenvalue weighted by Crippen LogP contribution is -2.70. The number of aromatic nitrogens is 1. The molecule has 2 saturated heterocycles. The lowest BCUT2D eigenvalue weighted by Gasteiger charge is -2.50. The number of nitrogens with one attached hydrogen (secondary N) is 1. The van der Waals surface area contributed by atoms with Crippen LogP contribution >= 0.6 is 0 Å². The number of imide groups is 1. The predicted molar refractivity (Wildman–Crippen MR) is 176 cm³/mol. The van der Waals surface area contributed by atoms with Crippen LogP contribution in [0.3, 0.4) is 0 Å². The van der Waals surface area contributed by atoms with E-state index in [1.165, 1.54) is 54.4 Å². The quantitative estimate of drug-likeness (QED) is 0.301. The number of fused-ring (bicyclic) bond motifs is 1. The van der Waals surface area contributed by atoms with Crippen LogP contribution in [0.2, 0.25) is 0 Å². The number of hydrogen-bond donors (Lipinski definition) is 2. The van der Waals surface area contributed by atoms with Gasteiger partial charge in [-0.3, -0.25) is 24.2 Å². The Kier molecular flexibility index (Phi) is 10.3. The van der Waals surface area contributed by atoms with Crippen LogP contribution in [0.15, 0.2) is 42.6 Å². The number of piperidine rings is 2. The monoisotopic (exact) mass is 633 g/mol. The molecule has 2 amide bonds. The molecular formula is C35H47N5O6. The molecule has 2 aliphatic heterocycles. The first-order valence-corrected chi connectivity index (χ1v) is 16.1. The molecule has 46 heavy (non-hydrogen) atoms. The molecule has 0 bridgehead atoms. The summed E-state index contributed by atoms with van der Waals surface area (Å²) in [5, 5.41) is 0.829. The number of para-hydroxylation sites is 1. The highest BCUT2D eigenvalue weighted by Crippen LogP contribution is 2.41. The Morgan fingerprint density at radius 3 is 2.15 bits per heavy atom. The number of nitrogens with two attached hydrogens (primary N) is 1. The Labute approximate surface area is 270 Å². The molecule has 2 fully saturated rings. The predicted octanol–water partition coefficient (Wildman–Crippen LogP) is 4.05. The summed E-state index contributed by atoms with van der Waals surface area (Å²) in [6, 6.07) is 10.4. The van der Waals surface area contributed by atoms with Gasteiger partial charge in [-0.2, -0.15) is 0 Å².